The summed E-state index contributed by atoms with van der Waals surface area (Å²) in [7, 11) is 1.27. The second-order valence-corrected chi connectivity index (χ2v) is 3.64. The van der Waals surface area contributed by atoms with Crippen LogP contribution in [0.25, 0.3) is 6.08 Å². The van der Waals surface area contributed by atoms with E-state index >= 15 is 0 Å². The van der Waals surface area contributed by atoms with Crippen LogP contribution in [0, 0.1) is 6.92 Å². The minimum Gasteiger partial charge on any atom is -0.464 e. The fourth-order valence-corrected chi connectivity index (χ4v) is 1.27. The Hall–Kier alpha value is -2.10. The second-order valence-electron chi connectivity index (χ2n) is 3.64. The molecule has 0 heterocycles. The van der Waals surface area contributed by atoms with Gasteiger partial charge in [0.25, 0.3) is 0 Å². The van der Waals surface area contributed by atoms with E-state index in [1.165, 1.54) is 14.0 Å². The number of rotatable bonds is 3. The van der Waals surface area contributed by atoms with Gasteiger partial charge in [-0.1, -0.05) is 29.8 Å². The first-order valence-electron chi connectivity index (χ1n) is 5.17. The maximum Gasteiger partial charge on any atom is 0.354 e. The Kier molecular flexibility index (Phi) is 4.46. The zero-order valence-corrected chi connectivity index (χ0v) is 10.1. The van der Waals surface area contributed by atoms with Gasteiger partial charge in [0.15, 0.2) is 0 Å². The smallest absolute Gasteiger partial charge is 0.354 e. The minimum atomic E-state index is -0.569. The molecule has 1 amide bonds. The van der Waals surface area contributed by atoms with Crippen LogP contribution in [-0.4, -0.2) is 19.0 Å². The van der Waals surface area contributed by atoms with Gasteiger partial charge in [0.2, 0.25) is 5.91 Å². The van der Waals surface area contributed by atoms with Crippen molar-refractivity contribution in [2.24, 2.45) is 0 Å². The Labute approximate surface area is 100 Å². The lowest BCUT2D eigenvalue weighted by atomic mass is 10.1. The Morgan fingerprint density at radius 1 is 1.24 bits per heavy atom. The van der Waals surface area contributed by atoms with Crippen molar-refractivity contribution in [3.8, 4) is 0 Å². The number of ether oxygens (including phenoxy) is 1. The summed E-state index contributed by atoms with van der Waals surface area (Å²) in [4.78, 5) is 22.4. The average molecular weight is 233 g/mol. The summed E-state index contributed by atoms with van der Waals surface area (Å²) in [5, 5.41) is 2.44. The van der Waals surface area contributed by atoms with Gasteiger partial charge >= 0.3 is 5.97 Å². The standard InChI is InChI=1S/C13H15NO3/c1-9-4-6-11(7-5-9)8-12(13(16)17-3)14-10(2)15/h4-8H,1-3H3,(H,14,15)/b12-8-. The summed E-state index contributed by atoms with van der Waals surface area (Å²) < 4.78 is 4.59. The van der Waals surface area contributed by atoms with Crippen molar-refractivity contribution >= 4 is 18.0 Å². The van der Waals surface area contributed by atoms with E-state index in [9.17, 15) is 9.59 Å². The summed E-state index contributed by atoms with van der Waals surface area (Å²) in [6, 6.07) is 7.57. The van der Waals surface area contributed by atoms with Crippen molar-refractivity contribution in [1.29, 1.82) is 0 Å². The van der Waals surface area contributed by atoms with E-state index in [0.29, 0.717) is 0 Å². The van der Waals surface area contributed by atoms with E-state index in [0.717, 1.165) is 11.1 Å². The molecule has 0 saturated carbocycles. The van der Waals surface area contributed by atoms with Gasteiger partial charge < -0.3 is 10.1 Å². The molecule has 0 atom stereocenters. The van der Waals surface area contributed by atoms with Gasteiger partial charge in [0.1, 0.15) is 5.70 Å². The first-order chi connectivity index (χ1) is 8.02. The molecule has 4 nitrogen and oxygen atoms in total. The van der Waals surface area contributed by atoms with Gasteiger partial charge in [-0.05, 0) is 18.6 Å². The van der Waals surface area contributed by atoms with Gasteiger partial charge in [0.05, 0.1) is 7.11 Å². The SMILES string of the molecule is COC(=O)/C(=C/c1ccc(C)cc1)NC(C)=O. The zero-order valence-electron chi connectivity index (χ0n) is 10.1. The number of hydrogen-bond acceptors (Lipinski definition) is 3. The minimum absolute atomic E-state index is 0.129. The number of carbonyl (C=O) groups excluding carboxylic acids is 2. The van der Waals surface area contributed by atoms with Crippen molar-refractivity contribution in [1.82, 2.24) is 5.32 Å². The third kappa shape index (κ3) is 4.10. The number of carbonyl (C=O) groups is 2. The lowest BCUT2D eigenvalue weighted by molar-refractivity contribution is -0.137. The van der Waals surface area contributed by atoms with Crippen LogP contribution in [0.1, 0.15) is 18.1 Å². The van der Waals surface area contributed by atoms with E-state index < -0.39 is 5.97 Å². The molecule has 0 aliphatic rings. The van der Waals surface area contributed by atoms with Crippen LogP contribution < -0.4 is 5.32 Å². The fraction of sp³-hybridized carbons (Fsp3) is 0.231. The van der Waals surface area contributed by atoms with E-state index in [1.54, 1.807) is 6.08 Å². The van der Waals surface area contributed by atoms with Gasteiger partial charge in [-0.15, -0.1) is 0 Å². The summed E-state index contributed by atoms with van der Waals surface area (Å²) in [6.45, 7) is 3.31. The first kappa shape index (κ1) is 13.0. The molecule has 90 valence electrons. The molecule has 1 aromatic carbocycles. The second kappa shape index (κ2) is 5.84. The summed E-state index contributed by atoms with van der Waals surface area (Å²) in [5.41, 5.74) is 2.08. The Bertz CT molecular complexity index is 446. The van der Waals surface area contributed by atoms with Crippen LogP contribution in [0.5, 0.6) is 0 Å². The van der Waals surface area contributed by atoms with Crippen molar-refractivity contribution in [3.63, 3.8) is 0 Å². The Morgan fingerprint density at radius 3 is 2.29 bits per heavy atom. The van der Waals surface area contributed by atoms with Gasteiger partial charge in [-0.25, -0.2) is 4.79 Å². The maximum absolute atomic E-state index is 11.4. The summed E-state index contributed by atoms with van der Waals surface area (Å²) in [6.07, 6.45) is 1.58. The lowest BCUT2D eigenvalue weighted by Crippen LogP contribution is -2.25. The molecule has 4 heteroatoms. The quantitative estimate of drug-likeness (QED) is 0.638. The predicted octanol–water partition coefficient (Wildman–Crippen LogP) is 1.65. The highest BCUT2D eigenvalue weighted by Gasteiger charge is 2.10. The van der Waals surface area contributed by atoms with Gasteiger partial charge in [-0.3, -0.25) is 4.79 Å². The number of nitrogens with one attached hydrogen (secondary N) is 1. The Balaban J connectivity index is 3.00. The molecular formula is C13H15NO3. The normalized spacial score (nSPS) is 10.9. The van der Waals surface area contributed by atoms with Crippen LogP contribution in [0.15, 0.2) is 30.0 Å². The fourth-order valence-electron chi connectivity index (χ4n) is 1.27. The van der Waals surface area contributed by atoms with E-state index in [1.807, 2.05) is 31.2 Å². The number of esters is 1. The van der Waals surface area contributed by atoms with Crippen LogP contribution in [-0.2, 0) is 14.3 Å². The molecule has 1 N–H and O–H groups in total. The molecule has 0 aromatic heterocycles. The Morgan fingerprint density at radius 2 is 1.82 bits per heavy atom. The molecule has 1 aromatic rings. The predicted molar refractivity (Wildman–Crippen MR) is 65.0 cm³/mol. The highest BCUT2D eigenvalue weighted by Crippen LogP contribution is 2.08. The molecule has 0 bridgehead atoms. The van der Waals surface area contributed by atoms with E-state index in [-0.39, 0.29) is 11.6 Å². The summed E-state index contributed by atoms with van der Waals surface area (Å²) in [5.74, 6) is -0.880. The first-order valence-corrected chi connectivity index (χ1v) is 5.17. The molecule has 0 unspecified atom stereocenters. The van der Waals surface area contributed by atoms with Crippen LogP contribution in [0.4, 0.5) is 0 Å². The molecule has 0 fully saturated rings. The number of benzene rings is 1. The molecule has 17 heavy (non-hydrogen) atoms. The van der Waals surface area contributed by atoms with Gasteiger partial charge in [0, 0.05) is 6.92 Å². The maximum atomic E-state index is 11.4. The van der Waals surface area contributed by atoms with Crippen LogP contribution >= 0.6 is 0 Å². The molecule has 1 rings (SSSR count). The third-order valence-corrected chi connectivity index (χ3v) is 2.10. The molecule has 0 saturated heterocycles. The number of hydrogen-bond donors (Lipinski definition) is 1. The van der Waals surface area contributed by atoms with E-state index in [4.69, 9.17) is 0 Å². The number of methoxy groups -OCH3 is 1. The van der Waals surface area contributed by atoms with Gasteiger partial charge in [-0.2, -0.15) is 0 Å². The highest BCUT2D eigenvalue weighted by atomic mass is 16.5. The molecule has 0 aliphatic carbocycles. The highest BCUT2D eigenvalue weighted by molar-refractivity contribution is 5.97. The number of amides is 1. The van der Waals surface area contributed by atoms with E-state index in [2.05, 4.69) is 10.1 Å². The molecule has 0 aliphatic heterocycles. The van der Waals surface area contributed by atoms with Crippen molar-refractivity contribution in [3.05, 3.63) is 41.1 Å². The lowest BCUT2D eigenvalue weighted by Gasteiger charge is -2.06. The zero-order chi connectivity index (χ0) is 12.8. The van der Waals surface area contributed by atoms with Crippen LogP contribution in [0.2, 0.25) is 0 Å². The molecule has 0 spiro atoms. The average Bonchev–Trinajstić information content (AvgIpc) is 2.29. The largest absolute Gasteiger partial charge is 0.464 e. The molecule has 0 radical (unpaired) electrons. The monoisotopic (exact) mass is 233 g/mol. The third-order valence-electron chi connectivity index (χ3n) is 2.10. The number of aryl methyl sites for hydroxylation is 1. The van der Waals surface area contributed by atoms with Crippen molar-refractivity contribution < 1.29 is 14.3 Å². The van der Waals surface area contributed by atoms with Crippen molar-refractivity contribution in [2.45, 2.75) is 13.8 Å². The molecular weight excluding hydrogens is 218 g/mol. The summed E-state index contributed by atoms with van der Waals surface area (Å²) >= 11 is 0. The van der Waals surface area contributed by atoms with Crippen molar-refractivity contribution in [2.75, 3.05) is 7.11 Å². The topological polar surface area (TPSA) is 55.4 Å². The van der Waals surface area contributed by atoms with Crippen LogP contribution in [0.3, 0.4) is 0 Å².